The predicted molar refractivity (Wildman–Crippen MR) is 121 cm³/mol. The summed E-state index contributed by atoms with van der Waals surface area (Å²) in [6, 6.07) is 11.5. The van der Waals surface area contributed by atoms with Crippen LogP contribution >= 0.6 is 11.8 Å². The van der Waals surface area contributed by atoms with Gasteiger partial charge in [-0.1, -0.05) is 0 Å². The van der Waals surface area contributed by atoms with Crippen LogP contribution in [0.1, 0.15) is 6.42 Å². The van der Waals surface area contributed by atoms with Gasteiger partial charge < -0.3 is 19.7 Å². The number of benzene rings is 2. The standard InChI is InChI=1S/C23H26FN3O4S/c24-17-2-4-18(5-3-17)25-22(28)15-26-8-10-27(11-9-26)23(29)16-32-19-6-7-20-21(14-19)31-13-1-12-30-20/h2-7,14H,1,8-13,15-16H2,(H,25,28). The number of fused-ring (bicyclic) bond motifs is 1. The fraction of sp³-hybridized carbons (Fsp3) is 0.391. The van der Waals surface area contributed by atoms with Crippen molar-refractivity contribution in [1.29, 1.82) is 0 Å². The number of rotatable bonds is 6. The van der Waals surface area contributed by atoms with Gasteiger partial charge in [0.25, 0.3) is 0 Å². The highest BCUT2D eigenvalue weighted by molar-refractivity contribution is 8.00. The van der Waals surface area contributed by atoms with E-state index in [4.69, 9.17) is 9.47 Å². The lowest BCUT2D eigenvalue weighted by Gasteiger charge is -2.34. The topological polar surface area (TPSA) is 71.1 Å². The van der Waals surface area contributed by atoms with Crippen molar-refractivity contribution in [1.82, 2.24) is 9.80 Å². The smallest absolute Gasteiger partial charge is 0.238 e. The number of anilines is 1. The molecule has 0 unspecified atom stereocenters. The number of nitrogens with one attached hydrogen (secondary N) is 1. The Morgan fingerprint density at radius 1 is 0.969 bits per heavy atom. The van der Waals surface area contributed by atoms with Crippen molar-refractivity contribution < 1.29 is 23.5 Å². The number of thioether (sulfide) groups is 1. The average Bonchev–Trinajstić information content (AvgIpc) is 3.04. The molecule has 0 saturated carbocycles. The third-order valence-electron chi connectivity index (χ3n) is 5.30. The monoisotopic (exact) mass is 459 g/mol. The van der Waals surface area contributed by atoms with Crippen LogP contribution in [0.5, 0.6) is 11.5 Å². The number of hydrogen-bond donors (Lipinski definition) is 1. The van der Waals surface area contributed by atoms with E-state index in [2.05, 4.69) is 5.32 Å². The largest absolute Gasteiger partial charge is 0.490 e. The summed E-state index contributed by atoms with van der Waals surface area (Å²) >= 11 is 1.48. The van der Waals surface area contributed by atoms with Crippen LogP contribution in [0.4, 0.5) is 10.1 Å². The molecule has 2 aliphatic rings. The number of hydrogen-bond acceptors (Lipinski definition) is 6. The van der Waals surface area contributed by atoms with Crippen molar-refractivity contribution in [3.8, 4) is 11.5 Å². The van der Waals surface area contributed by atoms with Gasteiger partial charge in [0, 0.05) is 43.2 Å². The lowest BCUT2D eigenvalue weighted by Crippen LogP contribution is -2.50. The molecule has 0 spiro atoms. The first-order valence-electron chi connectivity index (χ1n) is 10.6. The average molecular weight is 460 g/mol. The second-order valence-electron chi connectivity index (χ2n) is 7.66. The van der Waals surface area contributed by atoms with Crippen LogP contribution in [-0.2, 0) is 9.59 Å². The van der Waals surface area contributed by atoms with E-state index in [1.807, 2.05) is 28.0 Å². The number of carbonyl (C=O) groups is 2. The lowest BCUT2D eigenvalue weighted by molar-refractivity contribution is -0.130. The molecule has 2 heterocycles. The first-order valence-corrected chi connectivity index (χ1v) is 11.6. The van der Waals surface area contributed by atoms with E-state index in [0.29, 0.717) is 50.8 Å². The molecule has 2 aromatic carbocycles. The van der Waals surface area contributed by atoms with Gasteiger partial charge in [-0.2, -0.15) is 0 Å². The van der Waals surface area contributed by atoms with Gasteiger partial charge in [0.15, 0.2) is 11.5 Å². The fourth-order valence-corrected chi connectivity index (χ4v) is 4.39. The predicted octanol–water partition coefficient (Wildman–Crippen LogP) is 2.86. The Balaban J connectivity index is 1.19. The van der Waals surface area contributed by atoms with Crippen molar-refractivity contribution in [2.75, 3.05) is 57.0 Å². The van der Waals surface area contributed by atoms with E-state index in [0.717, 1.165) is 22.8 Å². The van der Waals surface area contributed by atoms with Gasteiger partial charge in [-0.25, -0.2) is 4.39 Å². The zero-order valence-corrected chi connectivity index (χ0v) is 18.5. The number of carbonyl (C=O) groups excluding carboxylic acids is 2. The Morgan fingerprint density at radius 2 is 1.69 bits per heavy atom. The van der Waals surface area contributed by atoms with Crippen molar-refractivity contribution in [2.45, 2.75) is 11.3 Å². The highest BCUT2D eigenvalue weighted by atomic mass is 32.2. The van der Waals surface area contributed by atoms with Crippen molar-refractivity contribution >= 4 is 29.3 Å². The molecule has 1 N–H and O–H groups in total. The Kier molecular flexibility index (Phi) is 7.49. The molecule has 1 fully saturated rings. The maximum absolute atomic E-state index is 13.0. The molecular formula is C23H26FN3O4S. The quantitative estimate of drug-likeness (QED) is 0.670. The SMILES string of the molecule is O=C(CN1CCN(C(=O)CSc2ccc3c(c2)OCCCO3)CC1)Nc1ccc(F)cc1. The van der Waals surface area contributed by atoms with Crippen molar-refractivity contribution in [3.05, 3.63) is 48.3 Å². The molecule has 170 valence electrons. The van der Waals surface area contributed by atoms with Crippen molar-refractivity contribution in [3.63, 3.8) is 0 Å². The molecule has 0 aromatic heterocycles. The Bertz CT molecular complexity index is 949. The summed E-state index contributed by atoms with van der Waals surface area (Å²) in [5.41, 5.74) is 0.567. The number of nitrogens with zero attached hydrogens (tertiary/aromatic N) is 2. The molecule has 0 bridgehead atoms. The molecule has 0 atom stereocenters. The first-order chi connectivity index (χ1) is 15.6. The van der Waals surface area contributed by atoms with E-state index in [-0.39, 0.29) is 24.2 Å². The van der Waals surface area contributed by atoms with Gasteiger partial charge in [-0.15, -0.1) is 11.8 Å². The molecule has 0 aliphatic carbocycles. The van der Waals surface area contributed by atoms with Crippen LogP contribution in [0, 0.1) is 5.82 Å². The fourth-order valence-electron chi connectivity index (χ4n) is 3.56. The molecule has 2 aliphatic heterocycles. The van der Waals surface area contributed by atoms with Gasteiger partial charge in [-0.3, -0.25) is 14.5 Å². The van der Waals surface area contributed by atoms with Crippen molar-refractivity contribution in [2.24, 2.45) is 0 Å². The first kappa shape index (κ1) is 22.4. The Morgan fingerprint density at radius 3 is 2.44 bits per heavy atom. The summed E-state index contributed by atoms with van der Waals surface area (Å²) in [7, 11) is 0. The molecule has 1 saturated heterocycles. The number of halogens is 1. The molecule has 7 nitrogen and oxygen atoms in total. The highest BCUT2D eigenvalue weighted by Gasteiger charge is 2.22. The number of piperazine rings is 1. The molecular weight excluding hydrogens is 433 g/mol. The summed E-state index contributed by atoms with van der Waals surface area (Å²) < 4.78 is 24.3. The zero-order chi connectivity index (χ0) is 22.3. The summed E-state index contributed by atoms with van der Waals surface area (Å²) in [5.74, 6) is 1.42. The molecule has 32 heavy (non-hydrogen) atoms. The number of ether oxygens (including phenoxy) is 2. The third-order valence-corrected chi connectivity index (χ3v) is 6.28. The van der Waals surface area contributed by atoms with Crippen LogP contribution in [0.2, 0.25) is 0 Å². The molecule has 2 amide bonds. The lowest BCUT2D eigenvalue weighted by atomic mass is 10.3. The van der Waals surface area contributed by atoms with Gasteiger partial charge in [0.1, 0.15) is 5.82 Å². The van der Waals surface area contributed by atoms with Crippen LogP contribution in [-0.4, -0.2) is 73.3 Å². The summed E-state index contributed by atoms with van der Waals surface area (Å²) in [6.45, 7) is 3.97. The maximum Gasteiger partial charge on any atom is 0.238 e. The molecule has 9 heteroatoms. The second kappa shape index (κ2) is 10.7. The highest BCUT2D eigenvalue weighted by Crippen LogP contribution is 2.34. The van der Waals surface area contributed by atoms with E-state index in [1.165, 1.54) is 36.0 Å². The van der Waals surface area contributed by atoms with Crippen LogP contribution in [0.15, 0.2) is 47.4 Å². The maximum atomic E-state index is 13.0. The summed E-state index contributed by atoms with van der Waals surface area (Å²) in [4.78, 5) is 29.7. The molecule has 4 rings (SSSR count). The van der Waals surface area contributed by atoms with Crippen LogP contribution < -0.4 is 14.8 Å². The van der Waals surface area contributed by atoms with Gasteiger partial charge in [-0.05, 0) is 42.5 Å². The van der Waals surface area contributed by atoms with Gasteiger partial charge in [0.05, 0.1) is 25.5 Å². The second-order valence-corrected chi connectivity index (χ2v) is 8.71. The number of amides is 2. The van der Waals surface area contributed by atoms with E-state index in [1.54, 1.807) is 0 Å². The van der Waals surface area contributed by atoms with Crippen LogP contribution in [0.25, 0.3) is 0 Å². The summed E-state index contributed by atoms with van der Waals surface area (Å²) in [5, 5.41) is 2.76. The summed E-state index contributed by atoms with van der Waals surface area (Å²) in [6.07, 6.45) is 0.857. The van der Waals surface area contributed by atoms with E-state index in [9.17, 15) is 14.0 Å². The normalized spacial score (nSPS) is 16.3. The Labute approximate surface area is 190 Å². The van der Waals surface area contributed by atoms with Gasteiger partial charge >= 0.3 is 0 Å². The Hall–Kier alpha value is -2.78. The minimum atomic E-state index is -0.341. The minimum absolute atomic E-state index is 0.0810. The van der Waals surface area contributed by atoms with Crippen LogP contribution in [0.3, 0.4) is 0 Å². The minimum Gasteiger partial charge on any atom is -0.490 e. The molecule has 0 radical (unpaired) electrons. The zero-order valence-electron chi connectivity index (χ0n) is 17.7. The van der Waals surface area contributed by atoms with E-state index < -0.39 is 0 Å². The van der Waals surface area contributed by atoms with E-state index >= 15 is 0 Å². The molecule has 2 aromatic rings. The van der Waals surface area contributed by atoms with Gasteiger partial charge in [0.2, 0.25) is 11.8 Å². The third kappa shape index (κ3) is 6.14.